The average molecular weight is 159 g/mol. The van der Waals surface area contributed by atoms with Crippen LogP contribution in [0.3, 0.4) is 0 Å². The van der Waals surface area contributed by atoms with Crippen molar-refractivity contribution >= 4 is 0 Å². The summed E-state index contributed by atoms with van der Waals surface area (Å²) < 4.78 is 0. The molecule has 2 heterocycles. The Balaban J connectivity index is 2.27. The first-order valence-electron chi connectivity index (χ1n) is 3.97. The summed E-state index contributed by atoms with van der Waals surface area (Å²) >= 11 is 0. The highest BCUT2D eigenvalue weighted by Crippen LogP contribution is 2.19. The molecule has 60 valence electrons. The first-order valence-corrected chi connectivity index (χ1v) is 3.97. The molecule has 0 spiro atoms. The van der Waals surface area contributed by atoms with Crippen LogP contribution in [0.25, 0.3) is 0 Å². The van der Waals surface area contributed by atoms with Crippen molar-refractivity contribution < 1.29 is 0 Å². The van der Waals surface area contributed by atoms with Gasteiger partial charge in [0.1, 0.15) is 11.8 Å². The molecule has 0 amide bonds. The van der Waals surface area contributed by atoms with Crippen molar-refractivity contribution in [2.45, 2.75) is 5.92 Å². The van der Waals surface area contributed by atoms with Crippen molar-refractivity contribution in [3.05, 3.63) is 29.6 Å². The lowest BCUT2D eigenvalue weighted by molar-refractivity contribution is 0.448. The Morgan fingerprint density at radius 1 is 1.58 bits per heavy atom. The van der Waals surface area contributed by atoms with Gasteiger partial charge in [0.15, 0.2) is 0 Å². The molecular formula is C9H9N3. The number of nitrogens with one attached hydrogen (secondary N) is 1. The summed E-state index contributed by atoms with van der Waals surface area (Å²) in [6.45, 7) is 2.05. The number of rotatable bonds is 1. The SMILES string of the molecule is N#Cc1cc(C2CNC2)ccn1. The van der Waals surface area contributed by atoms with E-state index < -0.39 is 0 Å². The van der Waals surface area contributed by atoms with E-state index in [0.717, 1.165) is 13.1 Å². The molecule has 3 nitrogen and oxygen atoms in total. The average Bonchev–Trinajstić information content (AvgIpc) is 2.02. The molecule has 0 unspecified atom stereocenters. The molecule has 1 aliphatic heterocycles. The maximum Gasteiger partial charge on any atom is 0.140 e. The van der Waals surface area contributed by atoms with Crippen LogP contribution in [0.5, 0.6) is 0 Å². The number of nitriles is 1. The van der Waals surface area contributed by atoms with Crippen LogP contribution in [-0.4, -0.2) is 18.1 Å². The van der Waals surface area contributed by atoms with Gasteiger partial charge in [0.2, 0.25) is 0 Å². The maximum absolute atomic E-state index is 8.61. The minimum absolute atomic E-state index is 0.513. The van der Waals surface area contributed by atoms with Gasteiger partial charge in [-0.1, -0.05) is 0 Å². The fourth-order valence-corrected chi connectivity index (χ4v) is 1.29. The van der Waals surface area contributed by atoms with Crippen LogP contribution in [0.15, 0.2) is 18.3 Å². The molecule has 2 rings (SSSR count). The second kappa shape index (κ2) is 2.92. The first-order chi connectivity index (χ1) is 5.90. The van der Waals surface area contributed by atoms with Crippen LogP contribution in [0.1, 0.15) is 17.2 Å². The van der Waals surface area contributed by atoms with Crippen molar-refractivity contribution in [1.82, 2.24) is 10.3 Å². The zero-order chi connectivity index (χ0) is 8.39. The molecule has 1 aliphatic rings. The predicted molar refractivity (Wildman–Crippen MR) is 44.6 cm³/mol. The Morgan fingerprint density at radius 3 is 3.00 bits per heavy atom. The minimum Gasteiger partial charge on any atom is -0.315 e. The van der Waals surface area contributed by atoms with E-state index in [4.69, 9.17) is 5.26 Å². The summed E-state index contributed by atoms with van der Waals surface area (Å²) in [5.74, 6) is 0.583. The Bertz CT molecular complexity index is 323. The zero-order valence-corrected chi connectivity index (χ0v) is 6.62. The summed E-state index contributed by atoms with van der Waals surface area (Å²) in [6, 6.07) is 5.88. The molecule has 0 aromatic carbocycles. The maximum atomic E-state index is 8.61. The molecule has 0 bridgehead atoms. The molecule has 12 heavy (non-hydrogen) atoms. The van der Waals surface area contributed by atoms with E-state index in [0.29, 0.717) is 11.6 Å². The highest BCUT2D eigenvalue weighted by molar-refractivity contribution is 5.29. The van der Waals surface area contributed by atoms with Gasteiger partial charge in [-0.15, -0.1) is 0 Å². The second-order valence-electron chi connectivity index (χ2n) is 2.94. The Kier molecular flexibility index (Phi) is 1.77. The van der Waals surface area contributed by atoms with E-state index in [1.54, 1.807) is 6.20 Å². The van der Waals surface area contributed by atoms with Crippen LogP contribution in [-0.2, 0) is 0 Å². The molecule has 1 fully saturated rings. The first kappa shape index (κ1) is 7.26. The molecule has 0 saturated carbocycles. The number of pyridine rings is 1. The molecule has 0 atom stereocenters. The minimum atomic E-state index is 0.513. The van der Waals surface area contributed by atoms with Crippen molar-refractivity contribution in [1.29, 1.82) is 5.26 Å². The van der Waals surface area contributed by atoms with Crippen LogP contribution >= 0.6 is 0 Å². The Labute approximate surface area is 71.0 Å². The summed E-state index contributed by atoms with van der Waals surface area (Å²) in [7, 11) is 0. The zero-order valence-electron chi connectivity index (χ0n) is 6.62. The summed E-state index contributed by atoms with van der Waals surface area (Å²) in [4.78, 5) is 3.92. The number of aromatic nitrogens is 1. The van der Waals surface area contributed by atoms with Crippen LogP contribution in [0.4, 0.5) is 0 Å². The van der Waals surface area contributed by atoms with Crippen LogP contribution < -0.4 is 5.32 Å². The van der Waals surface area contributed by atoms with Crippen molar-refractivity contribution in [3.63, 3.8) is 0 Å². The lowest BCUT2D eigenvalue weighted by atomic mass is 9.94. The van der Waals surface area contributed by atoms with Crippen LogP contribution in [0, 0.1) is 11.3 Å². The van der Waals surface area contributed by atoms with Gasteiger partial charge < -0.3 is 5.32 Å². The van der Waals surface area contributed by atoms with Gasteiger partial charge >= 0.3 is 0 Å². The Hall–Kier alpha value is -1.40. The van der Waals surface area contributed by atoms with E-state index >= 15 is 0 Å². The van der Waals surface area contributed by atoms with Crippen molar-refractivity contribution in [2.75, 3.05) is 13.1 Å². The molecule has 1 aromatic rings. The van der Waals surface area contributed by atoms with Gasteiger partial charge in [-0.05, 0) is 17.7 Å². The standard InChI is InChI=1S/C9H9N3/c10-4-9-3-7(1-2-12-9)8-5-11-6-8/h1-3,8,11H,5-6H2. The molecule has 0 radical (unpaired) electrons. The highest BCUT2D eigenvalue weighted by atomic mass is 14.9. The smallest absolute Gasteiger partial charge is 0.140 e. The molecule has 0 aliphatic carbocycles. The van der Waals surface area contributed by atoms with Gasteiger partial charge in [-0.2, -0.15) is 5.26 Å². The number of nitrogens with zero attached hydrogens (tertiary/aromatic N) is 2. The monoisotopic (exact) mass is 159 g/mol. The number of hydrogen-bond acceptors (Lipinski definition) is 3. The summed E-state index contributed by atoms with van der Waals surface area (Å²) in [5, 5.41) is 11.8. The predicted octanol–water partition coefficient (Wildman–Crippen LogP) is 0.640. The van der Waals surface area contributed by atoms with E-state index in [9.17, 15) is 0 Å². The second-order valence-corrected chi connectivity index (χ2v) is 2.94. The van der Waals surface area contributed by atoms with Gasteiger partial charge in [0.25, 0.3) is 0 Å². The topological polar surface area (TPSA) is 48.7 Å². The van der Waals surface area contributed by atoms with Crippen LogP contribution in [0.2, 0.25) is 0 Å². The van der Waals surface area contributed by atoms with Gasteiger partial charge in [0, 0.05) is 25.2 Å². The van der Waals surface area contributed by atoms with Gasteiger partial charge in [0.05, 0.1) is 0 Å². The quantitative estimate of drug-likeness (QED) is 0.654. The molecule has 1 aromatic heterocycles. The summed E-state index contributed by atoms with van der Waals surface area (Å²) in [5.41, 5.74) is 1.74. The highest BCUT2D eigenvalue weighted by Gasteiger charge is 2.18. The molecule has 3 heteroatoms. The largest absolute Gasteiger partial charge is 0.315 e. The lowest BCUT2D eigenvalue weighted by Gasteiger charge is -2.27. The van der Waals surface area contributed by atoms with E-state index in [1.165, 1.54) is 5.56 Å². The fraction of sp³-hybridized carbons (Fsp3) is 0.333. The lowest BCUT2D eigenvalue weighted by Crippen LogP contribution is -2.39. The third kappa shape index (κ3) is 1.17. The fourth-order valence-electron chi connectivity index (χ4n) is 1.29. The van der Waals surface area contributed by atoms with E-state index in [1.807, 2.05) is 18.2 Å². The normalized spacial score (nSPS) is 16.6. The summed E-state index contributed by atoms with van der Waals surface area (Å²) in [6.07, 6.45) is 1.70. The van der Waals surface area contributed by atoms with Crippen molar-refractivity contribution in [2.24, 2.45) is 0 Å². The van der Waals surface area contributed by atoms with E-state index in [2.05, 4.69) is 10.3 Å². The molecule has 1 N–H and O–H groups in total. The van der Waals surface area contributed by atoms with Gasteiger partial charge in [-0.3, -0.25) is 0 Å². The third-order valence-electron chi connectivity index (χ3n) is 2.15. The number of hydrogen-bond donors (Lipinski definition) is 1. The Morgan fingerprint density at radius 2 is 2.42 bits per heavy atom. The van der Waals surface area contributed by atoms with E-state index in [-0.39, 0.29) is 0 Å². The molecular weight excluding hydrogens is 150 g/mol. The molecule has 1 saturated heterocycles. The van der Waals surface area contributed by atoms with Gasteiger partial charge in [-0.25, -0.2) is 4.98 Å². The van der Waals surface area contributed by atoms with Crippen molar-refractivity contribution in [3.8, 4) is 6.07 Å². The third-order valence-corrected chi connectivity index (χ3v) is 2.15.